The highest BCUT2D eigenvalue weighted by atomic mass is 16.5. The average Bonchev–Trinajstić information content (AvgIpc) is 2.93. The normalized spacial score (nSPS) is 21.5. The fourth-order valence-electron chi connectivity index (χ4n) is 3.15. The fraction of sp³-hybridized carbons (Fsp3) is 0.467. The Hall–Kier alpha value is -1.84. The number of rotatable bonds is 1. The van der Waals surface area contributed by atoms with Crippen molar-refractivity contribution >= 4 is 11.9 Å². The Kier molecular flexibility index (Phi) is 3.01. The van der Waals surface area contributed by atoms with Crippen LogP contribution in [0.2, 0.25) is 0 Å². The van der Waals surface area contributed by atoms with E-state index in [2.05, 4.69) is 0 Å². The maximum absolute atomic E-state index is 12.6. The molecule has 1 aromatic rings. The number of carbonyl (C=O) groups excluding carboxylic acids is 2. The van der Waals surface area contributed by atoms with Gasteiger partial charge < -0.3 is 9.64 Å². The van der Waals surface area contributed by atoms with Crippen molar-refractivity contribution in [2.75, 3.05) is 13.2 Å². The summed E-state index contributed by atoms with van der Waals surface area (Å²) in [6.07, 6.45) is 3.41. The number of esters is 1. The molecule has 100 valence electrons. The first-order chi connectivity index (χ1) is 9.24. The number of carbonyl (C=O) groups is 2. The van der Waals surface area contributed by atoms with Crippen molar-refractivity contribution < 1.29 is 14.3 Å². The van der Waals surface area contributed by atoms with Crippen LogP contribution in [0.5, 0.6) is 0 Å². The summed E-state index contributed by atoms with van der Waals surface area (Å²) in [6.45, 7) is 0.804. The number of amides is 1. The van der Waals surface area contributed by atoms with Crippen LogP contribution in [0.1, 0.15) is 36.0 Å². The van der Waals surface area contributed by atoms with E-state index in [4.69, 9.17) is 4.74 Å². The van der Waals surface area contributed by atoms with Gasteiger partial charge in [-0.3, -0.25) is 4.79 Å². The predicted molar refractivity (Wildman–Crippen MR) is 69.6 cm³/mol. The summed E-state index contributed by atoms with van der Waals surface area (Å²) in [5, 5.41) is 0. The van der Waals surface area contributed by atoms with Crippen LogP contribution in [0.15, 0.2) is 30.3 Å². The van der Waals surface area contributed by atoms with Gasteiger partial charge in [0, 0.05) is 5.56 Å². The minimum atomic E-state index is -0.703. The second-order valence-electron chi connectivity index (χ2n) is 5.20. The molecule has 0 atom stereocenters. The van der Waals surface area contributed by atoms with E-state index in [-0.39, 0.29) is 11.9 Å². The molecule has 2 fully saturated rings. The second kappa shape index (κ2) is 4.68. The van der Waals surface area contributed by atoms with Crippen molar-refractivity contribution in [2.24, 2.45) is 0 Å². The number of hydrogen-bond donors (Lipinski definition) is 0. The molecule has 3 rings (SSSR count). The zero-order chi connectivity index (χ0) is 13.3. The van der Waals surface area contributed by atoms with Crippen molar-refractivity contribution in [3.8, 4) is 0 Å². The molecule has 1 amide bonds. The van der Waals surface area contributed by atoms with Gasteiger partial charge in [-0.1, -0.05) is 31.0 Å². The summed E-state index contributed by atoms with van der Waals surface area (Å²) < 4.78 is 5.20. The number of hydrogen-bond acceptors (Lipinski definition) is 3. The van der Waals surface area contributed by atoms with Crippen LogP contribution in [0, 0.1) is 0 Å². The molecule has 1 aliphatic carbocycles. The lowest BCUT2D eigenvalue weighted by molar-refractivity contribution is -0.164. The van der Waals surface area contributed by atoms with Gasteiger partial charge in [0.25, 0.3) is 5.91 Å². The molecule has 19 heavy (non-hydrogen) atoms. The Labute approximate surface area is 112 Å². The van der Waals surface area contributed by atoms with E-state index in [1.165, 1.54) is 0 Å². The molecular weight excluding hydrogens is 242 g/mol. The lowest BCUT2D eigenvalue weighted by Crippen LogP contribution is -2.60. The number of benzene rings is 1. The molecule has 1 aliphatic heterocycles. The molecule has 2 aliphatic rings. The summed E-state index contributed by atoms with van der Waals surface area (Å²) in [6, 6.07) is 9.16. The Morgan fingerprint density at radius 1 is 1.16 bits per heavy atom. The van der Waals surface area contributed by atoms with Gasteiger partial charge in [-0.05, 0) is 25.0 Å². The molecule has 4 heteroatoms. The topological polar surface area (TPSA) is 46.6 Å². The first kappa shape index (κ1) is 12.2. The van der Waals surface area contributed by atoms with E-state index in [1.54, 1.807) is 17.0 Å². The molecule has 0 N–H and O–H groups in total. The molecule has 1 spiro atoms. The van der Waals surface area contributed by atoms with Gasteiger partial charge in [0.05, 0.1) is 6.54 Å². The smallest absolute Gasteiger partial charge is 0.332 e. The standard InChI is InChI=1S/C15H17NO3/c17-13(12-6-2-1-3-7-12)16-10-11-19-14(18)15(16)8-4-5-9-15/h1-3,6-7H,4-5,8-11H2. The molecule has 4 nitrogen and oxygen atoms in total. The molecule has 1 saturated carbocycles. The van der Waals surface area contributed by atoms with Gasteiger partial charge in [0.1, 0.15) is 12.1 Å². The van der Waals surface area contributed by atoms with E-state index in [0.29, 0.717) is 18.7 Å². The highest BCUT2D eigenvalue weighted by molar-refractivity contribution is 5.98. The van der Waals surface area contributed by atoms with Crippen LogP contribution in [0.3, 0.4) is 0 Å². The number of ether oxygens (including phenoxy) is 1. The van der Waals surface area contributed by atoms with Gasteiger partial charge in [-0.2, -0.15) is 0 Å². The number of morpholine rings is 1. The third-order valence-electron chi connectivity index (χ3n) is 4.14. The Bertz CT molecular complexity index is 491. The third kappa shape index (κ3) is 1.91. The van der Waals surface area contributed by atoms with Crippen molar-refractivity contribution in [3.05, 3.63) is 35.9 Å². The van der Waals surface area contributed by atoms with Crippen LogP contribution < -0.4 is 0 Å². The summed E-state index contributed by atoms with van der Waals surface area (Å²) in [4.78, 5) is 26.5. The van der Waals surface area contributed by atoms with E-state index < -0.39 is 5.54 Å². The van der Waals surface area contributed by atoms with Crippen molar-refractivity contribution in [1.82, 2.24) is 4.90 Å². The van der Waals surface area contributed by atoms with Crippen LogP contribution in [-0.2, 0) is 9.53 Å². The summed E-state index contributed by atoms with van der Waals surface area (Å²) in [5.74, 6) is -0.278. The van der Waals surface area contributed by atoms with E-state index in [9.17, 15) is 9.59 Å². The van der Waals surface area contributed by atoms with Crippen LogP contribution in [0.25, 0.3) is 0 Å². The van der Waals surface area contributed by atoms with Gasteiger partial charge in [-0.25, -0.2) is 4.79 Å². The summed E-state index contributed by atoms with van der Waals surface area (Å²) in [7, 11) is 0. The van der Waals surface area contributed by atoms with Gasteiger partial charge in [0.15, 0.2) is 0 Å². The second-order valence-corrected chi connectivity index (χ2v) is 5.20. The Morgan fingerprint density at radius 2 is 1.84 bits per heavy atom. The summed E-state index contributed by atoms with van der Waals surface area (Å²) in [5.41, 5.74) is -0.0611. The van der Waals surface area contributed by atoms with E-state index in [1.807, 2.05) is 18.2 Å². The summed E-state index contributed by atoms with van der Waals surface area (Å²) >= 11 is 0. The highest BCUT2D eigenvalue weighted by Crippen LogP contribution is 2.38. The van der Waals surface area contributed by atoms with Crippen molar-refractivity contribution in [2.45, 2.75) is 31.2 Å². The van der Waals surface area contributed by atoms with Gasteiger partial charge in [0.2, 0.25) is 0 Å². The zero-order valence-electron chi connectivity index (χ0n) is 10.8. The van der Waals surface area contributed by atoms with Crippen molar-refractivity contribution in [3.63, 3.8) is 0 Å². The predicted octanol–water partition coefficient (Wildman–Crippen LogP) is 2.00. The largest absolute Gasteiger partial charge is 0.462 e. The van der Waals surface area contributed by atoms with Gasteiger partial charge >= 0.3 is 5.97 Å². The first-order valence-corrected chi connectivity index (χ1v) is 6.78. The zero-order valence-corrected chi connectivity index (χ0v) is 10.8. The van der Waals surface area contributed by atoms with Crippen molar-refractivity contribution in [1.29, 1.82) is 0 Å². The maximum atomic E-state index is 12.6. The molecule has 0 aromatic heterocycles. The quantitative estimate of drug-likeness (QED) is 0.725. The van der Waals surface area contributed by atoms with Crippen LogP contribution in [0.4, 0.5) is 0 Å². The monoisotopic (exact) mass is 259 g/mol. The Morgan fingerprint density at radius 3 is 2.53 bits per heavy atom. The first-order valence-electron chi connectivity index (χ1n) is 6.78. The fourth-order valence-corrected chi connectivity index (χ4v) is 3.15. The highest BCUT2D eigenvalue weighted by Gasteiger charge is 2.51. The Balaban J connectivity index is 1.93. The molecule has 1 aromatic carbocycles. The minimum absolute atomic E-state index is 0.0563. The van der Waals surface area contributed by atoms with Crippen LogP contribution in [-0.4, -0.2) is 35.5 Å². The lowest BCUT2D eigenvalue weighted by Gasteiger charge is -2.42. The molecule has 0 unspecified atom stereocenters. The molecular formula is C15H17NO3. The molecule has 1 heterocycles. The average molecular weight is 259 g/mol. The van der Waals surface area contributed by atoms with E-state index >= 15 is 0 Å². The number of cyclic esters (lactones) is 1. The maximum Gasteiger partial charge on any atom is 0.332 e. The van der Waals surface area contributed by atoms with E-state index in [0.717, 1.165) is 25.7 Å². The lowest BCUT2D eigenvalue weighted by atomic mass is 9.92. The third-order valence-corrected chi connectivity index (χ3v) is 4.14. The molecule has 0 bridgehead atoms. The SMILES string of the molecule is O=C(c1ccccc1)N1CCOC(=O)C12CCCC2. The molecule has 0 radical (unpaired) electrons. The van der Waals surface area contributed by atoms with Gasteiger partial charge in [-0.15, -0.1) is 0 Å². The van der Waals surface area contributed by atoms with Crippen LogP contribution >= 0.6 is 0 Å². The molecule has 1 saturated heterocycles. The number of nitrogens with zero attached hydrogens (tertiary/aromatic N) is 1. The minimum Gasteiger partial charge on any atom is -0.462 e.